The van der Waals surface area contributed by atoms with Gasteiger partial charge in [-0.2, -0.15) is 0 Å². The number of rotatable bonds is 11. The van der Waals surface area contributed by atoms with Crippen LogP contribution in [-0.4, -0.2) is 10.2 Å². The van der Waals surface area contributed by atoms with Crippen LogP contribution in [0.5, 0.6) is 23.0 Å². The summed E-state index contributed by atoms with van der Waals surface area (Å²) in [7, 11) is 0. The molecule has 18 rings (SSSR count). The van der Waals surface area contributed by atoms with Crippen molar-refractivity contribution in [3.05, 3.63) is 278 Å². The highest BCUT2D eigenvalue weighted by Crippen LogP contribution is 2.52. The Morgan fingerprint density at radius 3 is 0.956 bits per heavy atom. The van der Waals surface area contributed by atoms with Gasteiger partial charge in [-0.05, 0) is 139 Å². The number of thiophene rings is 4. The molecule has 0 radical (unpaired) electrons. The number of aliphatic hydroxyl groups is 2. The molecular formula is C82H50O4S4. The Morgan fingerprint density at radius 2 is 0.589 bits per heavy atom. The lowest BCUT2D eigenvalue weighted by atomic mass is 9.89. The van der Waals surface area contributed by atoms with E-state index in [4.69, 9.17) is 9.47 Å². The minimum Gasteiger partial charge on any atom is -0.457 e. The second-order valence-electron chi connectivity index (χ2n) is 23.0. The fourth-order valence-corrected chi connectivity index (χ4v) is 18.7. The zero-order valence-electron chi connectivity index (χ0n) is 48.2. The van der Waals surface area contributed by atoms with Gasteiger partial charge in [0.25, 0.3) is 0 Å². The van der Waals surface area contributed by atoms with Gasteiger partial charge in [-0.1, -0.05) is 194 Å². The summed E-state index contributed by atoms with van der Waals surface area (Å²) in [5.74, 6) is 2.56. The Kier molecular flexibility index (Phi) is 12.6. The minimum absolute atomic E-state index is 0.133. The summed E-state index contributed by atoms with van der Waals surface area (Å²) < 4.78 is 24.7. The third kappa shape index (κ3) is 8.59. The fraction of sp³-hybridized carbons (Fsp3) is 0.0244. The molecule has 4 heterocycles. The first-order chi connectivity index (χ1) is 44.5. The highest BCUT2D eigenvalue weighted by Gasteiger charge is 2.25. The third-order valence-electron chi connectivity index (χ3n) is 18.0. The molecule has 4 aromatic heterocycles. The van der Waals surface area contributed by atoms with Crippen LogP contribution in [0.3, 0.4) is 0 Å². The maximum Gasteiger partial charge on any atom is 0.136 e. The predicted octanol–water partition coefficient (Wildman–Crippen LogP) is 24.4. The molecule has 0 saturated carbocycles. The molecular weight excluding hydrogens is 1180 g/mol. The number of hydrogen-bond donors (Lipinski definition) is 2. The van der Waals surface area contributed by atoms with E-state index in [0.29, 0.717) is 23.0 Å². The van der Waals surface area contributed by atoms with Crippen molar-refractivity contribution in [1.29, 1.82) is 0 Å². The Balaban J connectivity index is 0.865. The largest absolute Gasteiger partial charge is 0.457 e. The van der Waals surface area contributed by atoms with Crippen LogP contribution in [0.1, 0.15) is 11.1 Å². The van der Waals surface area contributed by atoms with Gasteiger partial charge in [-0.15, -0.1) is 45.3 Å². The Labute approximate surface area is 533 Å². The van der Waals surface area contributed by atoms with Crippen molar-refractivity contribution in [3.8, 4) is 78.6 Å². The average molecular weight is 1230 g/mol. The molecule has 0 aliphatic heterocycles. The van der Waals surface area contributed by atoms with Crippen LogP contribution in [0.2, 0.25) is 0 Å². The molecule has 14 aromatic carbocycles. The average Bonchev–Trinajstić information content (AvgIpc) is 1.38. The zero-order valence-corrected chi connectivity index (χ0v) is 51.4. The van der Waals surface area contributed by atoms with E-state index in [0.717, 1.165) is 86.6 Å². The van der Waals surface area contributed by atoms with Crippen molar-refractivity contribution in [3.63, 3.8) is 0 Å². The van der Waals surface area contributed by atoms with Crippen LogP contribution in [0.15, 0.2) is 267 Å². The molecule has 0 amide bonds. The molecule has 0 fully saturated rings. The van der Waals surface area contributed by atoms with Crippen molar-refractivity contribution < 1.29 is 19.7 Å². The first kappa shape index (κ1) is 53.1. The molecule has 18 aromatic rings. The van der Waals surface area contributed by atoms with Gasteiger partial charge >= 0.3 is 0 Å². The quantitative estimate of drug-likeness (QED) is 0.135. The molecule has 8 heteroatoms. The minimum atomic E-state index is -0.133. The van der Waals surface area contributed by atoms with E-state index in [1.807, 2.05) is 46.9 Å². The number of benzene rings is 14. The van der Waals surface area contributed by atoms with E-state index in [2.05, 4.69) is 243 Å². The van der Waals surface area contributed by atoms with Crippen molar-refractivity contribution in [1.82, 2.24) is 0 Å². The van der Waals surface area contributed by atoms with Crippen molar-refractivity contribution in [2.75, 3.05) is 0 Å². The summed E-state index contributed by atoms with van der Waals surface area (Å²) in [6.45, 7) is -0.266. The molecule has 4 nitrogen and oxygen atoms in total. The van der Waals surface area contributed by atoms with Gasteiger partial charge in [-0.3, -0.25) is 0 Å². The van der Waals surface area contributed by atoms with Gasteiger partial charge < -0.3 is 19.7 Å². The van der Waals surface area contributed by atoms with Crippen LogP contribution >= 0.6 is 45.3 Å². The molecule has 90 heavy (non-hydrogen) atoms. The van der Waals surface area contributed by atoms with Gasteiger partial charge in [0.05, 0.1) is 13.2 Å². The second kappa shape index (κ2) is 21.4. The lowest BCUT2D eigenvalue weighted by molar-refractivity contribution is 0.282. The van der Waals surface area contributed by atoms with Crippen molar-refractivity contribution in [2.45, 2.75) is 13.2 Å². The maximum atomic E-state index is 11.0. The molecule has 2 N–H and O–H groups in total. The van der Waals surface area contributed by atoms with Crippen LogP contribution in [0.25, 0.3) is 158 Å². The molecule has 426 valence electrons. The molecule has 0 aliphatic rings. The maximum absolute atomic E-state index is 11.0. The summed E-state index contributed by atoms with van der Waals surface area (Å²) in [5.41, 5.74) is 11.9. The highest BCUT2D eigenvalue weighted by molar-refractivity contribution is 7.27. The third-order valence-corrected chi connectivity index (χ3v) is 22.9. The summed E-state index contributed by atoms with van der Waals surface area (Å²) in [6.07, 6.45) is 0. The van der Waals surface area contributed by atoms with Gasteiger partial charge in [0.15, 0.2) is 0 Å². The monoisotopic (exact) mass is 1230 g/mol. The molecule has 0 unspecified atom stereocenters. The summed E-state index contributed by atoms with van der Waals surface area (Å²) in [6, 6.07) is 95.2. The van der Waals surface area contributed by atoms with Gasteiger partial charge in [-0.25, -0.2) is 0 Å². The standard InChI is InChI=1S/C82H50O4S4/c83-45-51-29-35-53(43-69(51)67-23-11-21-65-61-15-3-7-27-75(61)89-81(65)67)85-71-39-33-47-41-49(57-17-9-19-63-59-13-1-5-25-73(59)87-79(57)63)31-37-55(47)77(71)78-56-38-32-50(58-18-10-20-64-60-14-2-6-26-74(60)88-80(58)64)42-48(56)34-40-72(78)86-54-36-30-52(46-84)70(44-54)68-24-12-22-66-62-16-4-8-28-76(62)90-82(66)68/h1-44,83-84H,45-46H2. The molecule has 0 bridgehead atoms. The first-order valence-corrected chi connectivity index (χ1v) is 33.4. The van der Waals surface area contributed by atoms with Gasteiger partial charge in [0.1, 0.15) is 23.0 Å². The van der Waals surface area contributed by atoms with Crippen LogP contribution in [-0.2, 0) is 13.2 Å². The van der Waals surface area contributed by atoms with E-state index in [1.54, 1.807) is 22.7 Å². The number of hydrogen-bond acceptors (Lipinski definition) is 8. The van der Waals surface area contributed by atoms with Gasteiger partial charge in [0, 0.05) is 103 Å². The summed E-state index contributed by atoms with van der Waals surface area (Å²) in [5, 5.41) is 36.0. The van der Waals surface area contributed by atoms with Crippen molar-refractivity contribution in [2.24, 2.45) is 0 Å². The normalized spacial score (nSPS) is 12.0. The summed E-state index contributed by atoms with van der Waals surface area (Å²) in [4.78, 5) is 0. The molecule has 0 aliphatic carbocycles. The Morgan fingerprint density at radius 1 is 0.256 bits per heavy atom. The van der Waals surface area contributed by atoms with Crippen LogP contribution in [0, 0.1) is 0 Å². The molecule has 0 saturated heterocycles. The smallest absolute Gasteiger partial charge is 0.136 e. The first-order valence-electron chi connectivity index (χ1n) is 30.1. The zero-order chi connectivity index (χ0) is 59.6. The van der Waals surface area contributed by atoms with E-state index < -0.39 is 0 Å². The molecule has 0 spiro atoms. The van der Waals surface area contributed by atoms with E-state index in [9.17, 15) is 10.2 Å². The number of ether oxygens (including phenoxy) is 2. The lowest BCUT2D eigenvalue weighted by Gasteiger charge is -2.21. The SMILES string of the molecule is OCc1ccc(Oc2ccc3cc(-c4cccc5c4sc4ccccc45)ccc3c2-c2c(Oc3ccc(CO)c(-c4cccc5c4sc4ccccc45)c3)ccc3cc(-c4cccc5c4sc4ccccc45)ccc23)cc1-c1cccc2c1sc1ccccc12. The lowest BCUT2D eigenvalue weighted by Crippen LogP contribution is -1.97. The van der Waals surface area contributed by atoms with Crippen LogP contribution in [0.4, 0.5) is 0 Å². The Bertz CT molecular complexity index is 5610. The topological polar surface area (TPSA) is 58.9 Å². The second-order valence-corrected chi connectivity index (χ2v) is 27.2. The number of fused-ring (bicyclic) bond motifs is 14. The van der Waals surface area contributed by atoms with E-state index >= 15 is 0 Å². The highest BCUT2D eigenvalue weighted by atomic mass is 32.1. The number of aliphatic hydroxyl groups excluding tert-OH is 2. The molecule has 0 atom stereocenters. The van der Waals surface area contributed by atoms with E-state index in [1.165, 1.54) is 82.4 Å². The fourth-order valence-electron chi connectivity index (χ4n) is 13.8. The van der Waals surface area contributed by atoms with Gasteiger partial charge in [0.2, 0.25) is 0 Å². The van der Waals surface area contributed by atoms with E-state index in [-0.39, 0.29) is 13.2 Å². The predicted molar refractivity (Wildman–Crippen MR) is 385 cm³/mol. The summed E-state index contributed by atoms with van der Waals surface area (Å²) >= 11 is 7.23. The van der Waals surface area contributed by atoms with Crippen molar-refractivity contribution >= 4 is 148 Å². The Hall–Kier alpha value is -10.0. The van der Waals surface area contributed by atoms with Crippen LogP contribution < -0.4 is 9.47 Å².